The second kappa shape index (κ2) is 9.35. The predicted octanol–water partition coefficient (Wildman–Crippen LogP) is 4.08. The zero-order valence-corrected chi connectivity index (χ0v) is 17.2. The molecule has 0 saturated heterocycles. The molecule has 0 spiro atoms. The zero-order chi connectivity index (χ0) is 20.8. The molecule has 0 atom stereocenters. The Labute approximate surface area is 176 Å². The van der Waals surface area contributed by atoms with Crippen LogP contribution in [-0.4, -0.2) is 28.9 Å². The molecule has 0 radical (unpaired) electrons. The van der Waals surface area contributed by atoms with Crippen molar-refractivity contribution in [3.63, 3.8) is 0 Å². The fourth-order valence-electron chi connectivity index (χ4n) is 2.45. The highest BCUT2D eigenvalue weighted by atomic mass is 35.5. The molecule has 10 heteroatoms. The number of ether oxygens (including phenoxy) is 1. The van der Waals surface area contributed by atoms with E-state index in [0.29, 0.717) is 38.8 Å². The minimum absolute atomic E-state index is 0.0831. The van der Waals surface area contributed by atoms with Gasteiger partial charge in [-0.15, -0.1) is 11.3 Å². The van der Waals surface area contributed by atoms with Crippen molar-refractivity contribution in [1.82, 2.24) is 9.97 Å². The Morgan fingerprint density at radius 1 is 1.21 bits per heavy atom. The zero-order valence-electron chi connectivity index (χ0n) is 15.7. The lowest BCUT2D eigenvalue weighted by atomic mass is 10.2. The molecule has 3 rings (SSSR count). The van der Waals surface area contributed by atoms with Crippen LogP contribution in [-0.2, 0) is 16.0 Å². The van der Waals surface area contributed by atoms with E-state index in [-0.39, 0.29) is 18.2 Å². The van der Waals surface area contributed by atoms with Gasteiger partial charge in [0.05, 0.1) is 29.9 Å². The van der Waals surface area contributed by atoms with E-state index in [1.165, 1.54) is 31.6 Å². The number of aromatic nitrogens is 2. The molecule has 0 saturated carbocycles. The van der Waals surface area contributed by atoms with Gasteiger partial charge < -0.3 is 20.7 Å². The topological polar surface area (TPSA) is 105 Å². The minimum Gasteiger partial charge on any atom is -0.495 e. The molecule has 0 aliphatic carbocycles. The number of amides is 2. The molecule has 3 N–H and O–H groups in total. The van der Waals surface area contributed by atoms with Crippen LogP contribution in [0.15, 0.2) is 41.9 Å². The molecule has 0 fully saturated rings. The summed E-state index contributed by atoms with van der Waals surface area (Å²) in [4.78, 5) is 32.2. The SMILES string of the molecule is COc1ccc(NC(C)=O)cc1NC(=O)Cc1csc(Nc2ccc(Cl)cn2)n1. The predicted molar refractivity (Wildman–Crippen MR) is 114 cm³/mol. The number of hydrogen-bond donors (Lipinski definition) is 3. The molecule has 2 amide bonds. The van der Waals surface area contributed by atoms with Crippen molar-refractivity contribution in [1.29, 1.82) is 0 Å². The Kier molecular flexibility index (Phi) is 6.63. The monoisotopic (exact) mass is 431 g/mol. The third-order valence-corrected chi connectivity index (χ3v) is 4.68. The van der Waals surface area contributed by atoms with Crippen molar-refractivity contribution in [2.45, 2.75) is 13.3 Å². The van der Waals surface area contributed by atoms with Crippen molar-refractivity contribution in [2.75, 3.05) is 23.1 Å². The third-order valence-electron chi connectivity index (χ3n) is 3.65. The van der Waals surface area contributed by atoms with Gasteiger partial charge in [0.2, 0.25) is 11.8 Å². The Hall–Kier alpha value is -3.17. The second-order valence-corrected chi connectivity index (χ2v) is 7.25. The summed E-state index contributed by atoms with van der Waals surface area (Å²) in [7, 11) is 1.51. The maximum Gasteiger partial charge on any atom is 0.230 e. The van der Waals surface area contributed by atoms with E-state index in [9.17, 15) is 9.59 Å². The van der Waals surface area contributed by atoms with Gasteiger partial charge in [0.15, 0.2) is 5.13 Å². The highest BCUT2D eigenvalue weighted by Crippen LogP contribution is 2.28. The van der Waals surface area contributed by atoms with Crippen molar-refractivity contribution in [3.8, 4) is 5.75 Å². The lowest BCUT2D eigenvalue weighted by Crippen LogP contribution is -2.16. The van der Waals surface area contributed by atoms with E-state index >= 15 is 0 Å². The average molecular weight is 432 g/mol. The molecule has 0 bridgehead atoms. The number of methoxy groups -OCH3 is 1. The Morgan fingerprint density at radius 2 is 2.03 bits per heavy atom. The van der Waals surface area contributed by atoms with E-state index in [2.05, 4.69) is 25.9 Å². The average Bonchev–Trinajstić information content (AvgIpc) is 3.10. The van der Waals surface area contributed by atoms with Gasteiger partial charge in [0, 0.05) is 24.2 Å². The third kappa shape index (κ3) is 5.90. The lowest BCUT2D eigenvalue weighted by molar-refractivity contribution is -0.116. The number of carbonyl (C=O) groups excluding carboxylic acids is 2. The Morgan fingerprint density at radius 3 is 2.72 bits per heavy atom. The van der Waals surface area contributed by atoms with Gasteiger partial charge in [-0.2, -0.15) is 0 Å². The fraction of sp³-hybridized carbons (Fsp3) is 0.158. The summed E-state index contributed by atoms with van der Waals surface area (Å²) < 4.78 is 5.27. The standard InChI is InChI=1S/C19H18ClN5O3S/c1-11(26)22-13-4-5-16(28-2)15(7-13)24-18(27)8-14-10-29-19(23-14)25-17-6-3-12(20)9-21-17/h3-7,9-10H,8H2,1-2H3,(H,22,26)(H,24,27)(H,21,23,25). The molecule has 29 heavy (non-hydrogen) atoms. The molecule has 8 nitrogen and oxygen atoms in total. The van der Waals surface area contributed by atoms with Crippen LogP contribution in [0.1, 0.15) is 12.6 Å². The van der Waals surface area contributed by atoms with Gasteiger partial charge >= 0.3 is 0 Å². The van der Waals surface area contributed by atoms with E-state index in [0.717, 1.165) is 0 Å². The molecule has 2 heterocycles. The van der Waals surface area contributed by atoms with Crippen LogP contribution >= 0.6 is 22.9 Å². The van der Waals surface area contributed by atoms with E-state index in [1.54, 1.807) is 35.7 Å². The van der Waals surface area contributed by atoms with Crippen LogP contribution in [0.25, 0.3) is 0 Å². The number of carbonyl (C=O) groups is 2. The summed E-state index contributed by atoms with van der Waals surface area (Å²) in [5, 5.41) is 11.5. The van der Waals surface area contributed by atoms with Crippen LogP contribution < -0.4 is 20.7 Å². The first-order chi connectivity index (χ1) is 13.9. The molecular formula is C19H18ClN5O3S. The van der Waals surface area contributed by atoms with Crippen molar-refractivity contribution < 1.29 is 14.3 Å². The van der Waals surface area contributed by atoms with Crippen molar-refractivity contribution >= 4 is 57.1 Å². The summed E-state index contributed by atoms with van der Waals surface area (Å²) in [6, 6.07) is 8.47. The summed E-state index contributed by atoms with van der Waals surface area (Å²) in [6.45, 7) is 1.41. The molecule has 2 aromatic heterocycles. The summed E-state index contributed by atoms with van der Waals surface area (Å²) in [5.41, 5.74) is 1.63. The van der Waals surface area contributed by atoms with Crippen molar-refractivity contribution in [3.05, 3.63) is 52.6 Å². The number of halogens is 1. The summed E-state index contributed by atoms with van der Waals surface area (Å²) >= 11 is 7.19. The van der Waals surface area contributed by atoms with Gasteiger partial charge in [0.25, 0.3) is 0 Å². The number of rotatable bonds is 7. The lowest BCUT2D eigenvalue weighted by Gasteiger charge is -2.12. The molecule has 0 aliphatic heterocycles. The number of nitrogens with one attached hydrogen (secondary N) is 3. The quantitative estimate of drug-likeness (QED) is 0.520. The number of anilines is 4. The number of thiazole rings is 1. The number of pyridine rings is 1. The summed E-state index contributed by atoms with van der Waals surface area (Å²) in [6.07, 6.45) is 1.62. The number of nitrogens with zero attached hydrogens (tertiary/aromatic N) is 2. The van der Waals surface area contributed by atoms with Gasteiger partial charge in [-0.1, -0.05) is 11.6 Å². The molecule has 0 unspecified atom stereocenters. The van der Waals surface area contributed by atoms with E-state index in [1.807, 2.05) is 0 Å². The smallest absolute Gasteiger partial charge is 0.230 e. The Bertz CT molecular complexity index is 1020. The molecule has 1 aromatic carbocycles. The van der Waals surface area contributed by atoms with Crippen molar-refractivity contribution in [2.24, 2.45) is 0 Å². The largest absolute Gasteiger partial charge is 0.495 e. The maximum absolute atomic E-state index is 12.5. The number of hydrogen-bond acceptors (Lipinski definition) is 7. The fourth-order valence-corrected chi connectivity index (χ4v) is 3.28. The van der Waals surface area contributed by atoms with E-state index in [4.69, 9.17) is 16.3 Å². The number of benzene rings is 1. The van der Waals surface area contributed by atoms with Gasteiger partial charge in [-0.3, -0.25) is 9.59 Å². The highest BCUT2D eigenvalue weighted by Gasteiger charge is 2.12. The van der Waals surface area contributed by atoms with Crippen LogP contribution in [0, 0.1) is 0 Å². The highest BCUT2D eigenvalue weighted by molar-refractivity contribution is 7.13. The normalized spacial score (nSPS) is 10.3. The van der Waals surface area contributed by atoms with Gasteiger partial charge in [-0.05, 0) is 30.3 Å². The van der Waals surface area contributed by atoms with E-state index < -0.39 is 0 Å². The van der Waals surface area contributed by atoms with Crippen LogP contribution in [0.5, 0.6) is 5.75 Å². The first-order valence-corrected chi connectivity index (χ1v) is 9.77. The van der Waals surface area contributed by atoms with Gasteiger partial charge in [0.1, 0.15) is 11.6 Å². The first kappa shape index (κ1) is 20.6. The summed E-state index contributed by atoms with van der Waals surface area (Å²) in [5.74, 6) is 0.635. The van der Waals surface area contributed by atoms with Crippen LogP contribution in [0.4, 0.5) is 22.3 Å². The maximum atomic E-state index is 12.5. The Balaban J connectivity index is 1.64. The molecule has 150 valence electrons. The second-order valence-electron chi connectivity index (χ2n) is 5.95. The molecular weight excluding hydrogens is 414 g/mol. The first-order valence-electron chi connectivity index (χ1n) is 8.51. The molecule has 0 aliphatic rings. The molecule has 3 aromatic rings. The van der Waals surface area contributed by atoms with Crippen LogP contribution in [0.3, 0.4) is 0 Å². The van der Waals surface area contributed by atoms with Gasteiger partial charge in [-0.25, -0.2) is 9.97 Å². The minimum atomic E-state index is -0.259. The van der Waals surface area contributed by atoms with Crippen LogP contribution in [0.2, 0.25) is 5.02 Å².